The van der Waals surface area contributed by atoms with Crippen molar-refractivity contribution in [2.75, 3.05) is 19.6 Å². The average molecular weight is 254 g/mol. The summed E-state index contributed by atoms with van der Waals surface area (Å²) in [6.45, 7) is 3.38. The summed E-state index contributed by atoms with van der Waals surface area (Å²) >= 11 is 0. The van der Waals surface area contributed by atoms with Gasteiger partial charge in [-0.3, -0.25) is 0 Å². The minimum atomic E-state index is 0.661. The molecule has 2 aromatic carbocycles. The Balaban J connectivity index is 1.56. The van der Waals surface area contributed by atoms with Crippen molar-refractivity contribution in [3.05, 3.63) is 48.0 Å². The van der Waals surface area contributed by atoms with E-state index in [1.165, 1.54) is 35.7 Å². The van der Waals surface area contributed by atoms with Crippen LogP contribution in [0.5, 0.6) is 0 Å². The second kappa shape index (κ2) is 6.18. The number of nitrogens with one attached hydrogen (secondary N) is 2. The molecule has 1 aliphatic rings. The SMILES string of the molecule is c1ccc2cc(CCNC3CCCNC3)ccc2c1. The highest BCUT2D eigenvalue weighted by Gasteiger charge is 2.11. The number of rotatable bonds is 4. The Morgan fingerprint density at radius 3 is 2.84 bits per heavy atom. The topological polar surface area (TPSA) is 24.1 Å². The molecule has 2 heteroatoms. The van der Waals surface area contributed by atoms with E-state index in [-0.39, 0.29) is 0 Å². The summed E-state index contributed by atoms with van der Waals surface area (Å²) in [5.74, 6) is 0. The van der Waals surface area contributed by atoms with E-state index in [0.29, 0.717) is 6.04 Å². The van der Waals surface area contributed by atoms with E-state index >= 15 is 0 Å². The predicted octanol–water partition coefficient (Wildman–Crippen LogP) is 2.72. The summed E-state index contributed by atoms with van der Waals surface area (Å²) < 4.78 is 0. The maximum atomic E-state index is 3.66. The van der Waals surface area contributed by atoms with Crippen LogP contribution < -0.4 is 10.6 Å². The Morgan fingerprint density at radius 2 is 2.00 bits per heavy atom. The molecule has 0 bridgehead atoms. The quantitative estimate of drug-likeness (QED) is 0.876. The van der Waals surface area contributed by atoms with Crippen LogP contribution in [0.4, 0.5) is 0 Å². The van der Waals surface area contributed by atoms with Crippen LogP contribution in [-0.4, -0.2) is 25.7 Å². The van der Waals surface area contributed by atoms with Crippen LogP contribution in [0.1, 0.15) is 18.4 Å². The molecule has 19 heavy (non-hydrogen) atoms. The Kier molecular flexibility index (Phi) is 4.11. The molecule has 100 valence electrons. The van der Waals surface area contributed by atoms with Crippen molar-refractivity contribution in [1.82, 2.24) is 10.6 Å². The van der Waals surface area contributed by atoms with Gasteiger partial charge in [0.15, 0.2) is 0 Å². The normalized spacial score (nSPS) is 19.7. The van der Waals surface area contributed by atoms with Crippen LogP contribution in [0.3, 0.4) is 0 Å². The van der Waals surface area contributed by atoms with Gasteiger partial charge >= 0.3 is 0 Å². The Morgan fingerprint density at radius 1 is 1.11 bits per heavy atom. The van der Waals surface area contributed by atoms with E-state index in [1.54, 1.807) is 0 Å². The number of hydrogen-bond donors (Lipinski definition) is 2. The van der Waals surface area contributed by atoms with Gasteiger partial charge in [0.05, 0.1) is 0 Å². The number of benzene rings is 2. The first-order valence-electron chi connectivity index (χ1n) is 7.33. The largest absolute Gasteiger partial charge is 0.315 e. The lowest BCUT2D eigenvalue weighted by Crippen LogP contribution is -2.43. The molecule has 3 rings (SSSR count). The van der Waals surface area contributed by atoms with E-state index in [4.69, 9.17) is 0 Å². The van der Waals surface area contributed by atoms with Gasteiger partial charge in [0.25, 0.3) is 0 Å². The Labute approximate surface area is 115 Å². The smallest absolute Gasteiger partial charge is 0.0193 e. The minimum absolute atomic E-state index is 0.661. The molecule has 1 fully saturated rings. The minimum Gasteiger partial charge on any atom is -0.315 e. The standard InChI is InChI=1S/C17H22N2/c1-2-5-16-12-14(7-8-15(16)4-1)9-11-19-17-6-3-10-18-13-17/h1-2,4-5,7-8,12,17-19H,3,6,9-11,13H2. The molecular weight excluding hydrogens is 232 g/mol. The number of hydrogen-bond acceptors (Lipinski definition) is 2. The molecule has 2 N–H and O–H groups in total. The third-order valence-electron chi connectivity index (χ3n) is 3.96. The lowest BCUT2D eigenvalue weighted by Gasteiger charge is -2.23. The van der Waals surface area contributed by atoms with Gasteiger partial charge in [0.1, 0.15) is 0 Å². The van der Waals surface area contributed by atoms with E-state index in [9.17, 15) is 0 Å². The van der Waals surface area contributed by atoms with Crippen molar-refractivity contribution in [2.45, 2.75) is 25.3 Å². The van der Waals surface area contributed by atoms with Crippen molar-refractivity contribution >= 4 is 10.8 Å². The Bertz CT molecular complexity index is 530. The van der Waals surface area contributed by atoms with Crippen molar-refractivity contribution < 1.29 is 0 Å². The molecule has 2 aromatic rings. The molecule has 0 amide bonds. The molecule has 2 nitrogen and oxygen atoms in total. The zero-order chi connectivity index (χ0) is 12.9. The number of fused-ring (bicyclic) bond motifs is 1. The highest BCUT2D eigenvalue weighted by atomic mass is 15.0. The number of piperidine rings is 1. The van der Waals surface area contributed by atoms with Gasteiger partial charge in [0, 0.05) is 12.6 Å². The van der Waals surface area contributed by atoms with Gasteiger partial charge in [-0.25, -0.2) is 0 Å². The molecule has 1 atom stereocenters. The van der Waals surface area contributed by atoms with Crippen molar-refractivity contribution in [3.8, 4) is 0 Å². The molecule has 1 unspecified atom stereocenters. The predicted molar refractivity (Wildman–Crippen MR) is 81.5 cm³/mol. The summed E-state index contributed by atoms with van der Waals surface area (Å²) in [6, 6.07) is 16.0. The maximum Gasteiger partial charge on any atom is 0.0193 e. The first-order valence-corrected chi connectivity index (χ1v) is 7.33. The third kappa shape index (κ3) is 3.34. The zero-order valence-corrected chi connectivity index (χ0v) is 11.4. The van der Waals surface area contributed by atoms with Crippen LogP contribution in [0, 0.1) is 0 Å². The maximum absolute atomic E-state index is 3.66. The van der Waals surface area contributed by atoms with Crippen LogP contribution in [0.2, 0.25) is 0 Å². The van der Waals surface area contributed by atoms with Crippen LogP contribution in [0.25, 0.3) is 10.8 Å². The summed E-state index contributed by atoms with van der Waals surface area (Å²) in [5, 5.41) is 9.78. The first kappa shape index (κ1) is 12.6. The highest BCUT2D eigenvalue weighted by Crippen LogP contribution is 2.15. The fourth-order valence-corrected chi connectivity index (χ4v) is 2.84. The second-order valence-corrected chi connectivity index (χ2v) is 5.43. The van der Waals surface area contributed by atoms with Crippen molar-refractivity contribution in [2.24, 2.45) is 0 Å². The Hall–Kier alpha value is -1.38. The summed E-state index contributed by atoms with van der Waals surface area (Å²) in [4.78, 5) is 0. The molecule has 0 radical (unpaired) electrons. The zero-order valence-electron chi connectivity index (χ0n) is 11.4. The monoisotopic (exact) mass is 254 g/mol. The average Bonchev–Trinajstić information content (AvgIpc) is 2.48. The highest BCUT2D eigenvalue weighted by molar-refractivity contribution is 5.82. The van der Waals surface area contributed by atoms with Gasteiger partial charge in [-0.1, -0.05) is 42.5 Å². The fourth-order valence-electron chi connectivity index (χ4n) is 2.84. The molecule has 1 aliphatic heterocycles. The fraction of sp³-hybridized carbons (Fsp3) is 0.412. The van der Waals surface area contributed by atoms with E-state index in [1.807, 2.05) is 0 Å². The molecule has 0 saturated carbocycles. The van der Waals surface area contributed by atoms with Crippen LogP contribution in [0.15, 0.2) is 42.5 Å². The van der Waals surface area contributed by atoms with Gasteiger partial charge < -0.3 is 10.6 Å². The summed E-state index contributed by atoms with van der Waals surface area (Å²) in [5.41, 5.74) is 1.43. The van der Waals surface area contributed by atoms with Crippen molar-refractivity contribution in [3.63, 3.8) is 0 Å². The first-order chi connectivity index (χ1) is 9.42. The third-order valence-corrected chi connectivity index (χ3v) is 3.96. The van der Waals surface area contributed by atoms with Crippen molar-refractivity contribution in [1.29, 1.82) is 0 Å². The van der Waals surface area contributed by atoms with Crippen LogP contribution in [-0.2, 0) is 6.42 Å². The molecule has 0 aromatic heterocycles. The lowest BCUT2D eigenvalue weighted by atomic mass is 10.0. The lowest BCUT2D eigenvalue weighted by molar-refractivity contribution is 0.392. The summed E-state index contributed by atoms with van der Waals surface area (Å²) in [7, 11) is 0. The molecule has 0 aliphatic carbocycles. The molecule has 0 spiro atoms. The molecular formula is C17H22N2. The molecule has 1 heterocycles. The molecule has 1 saturated heterocycles. The van der Waals surface area contributed by atoms with Gasteiger partial charge in [-0.15, -0.1) is 0 Å². The van der Waals surface area contributed by atoms with Gasteiger partial charge in [-0.05, 0) is 48.7 Å². The van der Waals surface area contributed by atoms with E-state index < -0.39 is 0 Å². The van der Waals surface area contributed by atoms with E-state index in [2.05, 4.69) is 53.1 Å². The van der Waals surface area contributed by atoms with E-state index in [0.717, 1.165) is 19.5 Å². The summed E-state index contributed by atoms with van der Waals surface area (Å²) in [6.07, 6.45) is 3.72. The van der Waals surface area contributed by atoms with Gasteiger partial charge in [0.2, 0.25) is 0 Å². The second-order valence-electron chi connectivity index (χ2n) is 5.43. The van der Waals surface area contributed by atoms with Gasteiger partial charge in [-0.2, -0.15) is 0 Å². The van der Waals surface area contributed by atoms with Crippen LogP contribution >= 0.6 is 0 Å².